The van der Waals surface area contributed by atoms with Crippen LogP contribution < -0.4 is 5.32 Å². The first-order valence-electron chi connectivity index (χ1n) is 6.63. The zero-order valence-corrected chi connectivity index (χ0v) is 11.9. The van der Waals surface area contributed by atoms with E-state index in [0.717, 1.165) is 5.69 Å². The Bertz CT molecular complexity index is 688. The molecule has 1 atom stereocenters. The van der Waals surface area contributed by atoms with Gasteiger partial charge in [-0.05, 0) is 12.1 Å². The number of aromatic nitrogens is 4. The van der Waals surface area contributed by atoms with Gasteiger partial charge in [-0.3, -0.25) is 19.0 Å². The highest BCUT2D eigenvalue weighted by molar-refractivity contribution is 5.93. The lowest BCUT2D eigenvalue weighted by molar-refractivity contribution is -0.125. The summed E-state index contributed by atoms with van der Waals surface area (Å²) in [5.74, 6) is -0.351. The second-order valence-corrected chi connectivity index (χ2v) is 4.96. The molecule has 3 heterocycles. The summed E-state index contributed by atoms with van der Waals surface area (Å²) >= 11 is 0. The standard InChI is InChI=1S/C13H16N6O2/c1-14-12(20)11-8-18(7-9-3-5-15-19(9)11)13(21)10-4-6-17(2)16-10/h3-6,11H,7-8H2,1-2H3,(H,14,20). The Labute approximate surface area is 121 Å². The van der Waals surface area contributed by atoms with E-state index in [0.29, 0.717) is 12.2 Å². The second-order valence-electron chi connectivity index (χ2n) is 4.96. The molecule has 1 aliphatic heterocycles. The zero-order chi connectivity index (χ0) is 15.0. The molecule has 1 unspecified atom stereocenters. The number of hydrogen-bond donors (Lipinski definition) is 1. The SMILES string of the molecule is CNC(=O)C1CN(C(=O)c2ccn(C)n2)Cc2ccnn21. The van der Waals surface area contributed by atoms with E-state index in [9.17, 15) is 9.59 Å². The molecule has 110 valence electrons. The lowest BCUT2D eigenvalue weighted by Gasteiger charge is -2.32. The van der Waals surface area contributed by atoms with Gasteiger partial charge in [0, 0.05) is 26.5 Å². The molecule has 0 bridgehead atoms. The molecule has 0 aliphatic carbocycles. The molecule has 1 N–H and O–H groups in total. The van der Waals surface area contributed by atoms with Crippen LogP contribution in [0.25, 0.3) is 0 Å². The van der Waals surface area contributed by atoms with Crippen LogP contribution in [0.3, 0.4) is 0 Å². The minimum Gasteiger partial charge on any atom is -0.357 e. The molecule has 0 spiro atoms. The predicted molar refractivity (Wildman–Crippen MR) is 73.3 cm³/mol. The fourth-order valence-electron chi connectivity index (χ4n) is 2.50. The number of carbonyl (C=O) groups is 2. The first-order valence-corrected chi connectivity index (χ1v) is 6.63. The van der Waals surface area contributed by atoms with Crippen LogP contribution in [-0.4, -0.2) is 49.9 Å². The lowest BCUT2D eigenvalue weighted by atomic mass is 10.1. The topological polar surface area (TPSA) is 85.1 Å². The van der Waals surface area contributed by atoms with Crippen molar-refractivity contribution in [2.45, 2.75) is 12.6 Å². The van der Waals surface area contributed by atoms with Crippen molar-refractivity contribution in [1.29, 1.82) is 0 Å². The fraction of sp³-hybridized carbons (Fsp3) is 0.385. The van der Waals surface area contributed by atoms with Crippen molar-refractivity contribution in [3.05, 3.63) is 35.9 Å². The van der Waals surface area contributed by atoms with E-state index in [1.54, 1.807) is 46.8 Å². The monoisotopic (exact) mass is 288 g/mol. The van der Waals surface area contributed by atoms with Gasteiger partial charge in [0.15, 0.2) is 0 Å². The molecular formula is C13H16N6O2. The summed E-state index contributed by atoms with van der Waals surface area (Å²) in [6.07, 6.45) is 3.36. The first-order chi connectivity index (χ1) is 10.1. The molecule has 0 fully saturated rings. The summed E-state index contributed by atoms with van der Waals surface area (Å²) in [5, 5.41) is 10.9. The molecule has 0 saturated carbocycles. The summed E-state index contributed by atoms with van der Waals surface area (Å²) in [4.78, 5) is 26.1. The Balaban J connectivity index is 1.89. The van der Waals surface area contributed by atoms with Crippen molar-refractivity contribution in [2.75, 3.05) is 13.6 Å². The Morgan fingerprint density at radius 1 is 1.38 bits per heavy atom. The van der Waals surface area contributed by atoms with E-state index in [-0.39, 0.29) is 18.4 Å². The maximum absolute atomic E-state index is 12.5. The van der Waals surface area contributed by atoms with Crippen LogP contribution in [-0.2, 0) is 18.4 Å². The average Bonchev–Trinajstić information content (AvgIpc) is 3.12. The summed E-state index contributed by atoms with van der Waals surface area (Å²) in [6, 6.07) is 2.97. The fourth-order valence-corrected chi connectivity index (χ4v) is 2.50. The quantitative estimate of drug-likeness (QED) is 0.812. The van der Waals surface area contributed by atoms with Gasteiger partial charge in [0.05, 0.1) is 18.8 Å². The van der Waals surface area contributed by atoms with Crippen LogP contribution in [0.2, 0.25) is 0 Å². The van der Waals surface area contributed by atoms with E-state index in [1.807, 2.05) is 6.07 Å². The molecule has 2 aromatic rings. The number of nitrogens with zero attached hydrogens (tertiary/aromatic N) is 5. The molecule has 0 aromatic carbocycles. The Hall–Kier alpha value is -2.64. The van der Waals surface area contributed by atoms with Crippen LogP contribution in [0, 0.1) is 0 Å². The highest BCUT2D eigenvalue weighted by Gasteiger charge is 2.33. The van der Waals surface area contributed by atoms with Gasteiger partial charge in [0.25, 0.3) is 5.91 Å². The highest BCUT2D eigenvalue weighted by atomic mass is 16.2. The molecule has 2 aromatic heterocycles. The van der Waals surface area contributed by atoms with Crippen LogP contribution in [0.5, 0.6) is 0 Å². The molecule has 8 heteroatoms. The van der Waals surface area contributed by atoms with Gasteiger partial charge in [-0.1, -0.05) is 0 Å². The number of nitrogens with one attached hydrogen (secondary N) is 1. The van der Waals surface area contributed by atoms with Crippen molar-refractivity contribution < 1.29 is 9.59 Å². The minimum atomic E-state index is -0.513. The summed E-state index contributed by atoms with van der Waals surface area (Å²) in [6.45, 7) is 0.701. The summed E-state index contributed by atoms with van der Waals surface area (Å²) in [7, 11) is 3.33. The van der Waals surface area contributed by atoms with Gasteiger partial charge in [-0.15, -0.1) is 0 Å². The van der Waals surface area contributed by atoms with Crippen molar-refractivity contribution in [2.24, 2.45) is 7.05 Å². The molecule has 1 aliphatic rings. The lowest BCUT2D eigenvalue weighted by Crippen LogP contribution is -2.46. The van der Waals surface area contributed by atoms with E-state index < -0.39 is 6.04 Å². The number of fused-ring (bicyclic) bond motifs is 1. The Morgan fingerprint density at radius 2 is 2.19 bits per heavy atom. The van der Waals surface area contributed by atoms with Crippen LogP contribution >= 0.6 is 0 Å². The summed E-state index contributed by atoms with van der Waals surface area (Å²) < 4.78 is 3.25. The largest absolute Gasteiger partial charge is 0.357 e. The van der Waals surface area contributed by atoms with Crippen molar-refractivity contribution in [1.82, 2.24) is 29.8 Å². The third kappa shape index (κ3) is 2.28. The zero-order valence-electron chi connectivity index (χ0n) is 11.9. The normalized spacial score (nSPS) is 17.4. The van der Waals surface area contributed by atoms with Crippen molar-refractivity contribution in [3.8, 4) is 0 Å². The molecule has 3 rings (SSSR count). The minimum absolute atomic E-state index is 0.168. The number of rotatable bonds is 2. The van der Waals surface area contributed by atoms with E-state index in [1.165, 1.54) is 0 Å². The Kier molecular flexibility index (Phi) is 3.20. The summed E-state index contributed by atoms with van der Waals surface area (Å²) in [5.41, 5.74) is 1.21. The van der Waals surface area contributed by atoms with Gasteiger partial charge in [-0.2, -0.15) is 10.2 Å². The first kappa shape index (κ1) is 13.3. The number of amides is 2. The number of likely N-dealkylation sites (N-methyl/N-ethyl adjacent to an activating group) is 1. The molecular weight excluding hydrogens is 272 g/mol. The van der Waals surface area contributed by atoms with Gasteiger partial charge >= 0.3 is 0 Å². The van der Waals surface area contributed by atoms with Gasteiger partial charge in [0.1, 0.15) is 11.7 Å². The molecule has 2 amide bonds. The number of carbonyl (C=O) groups excluding carboxylic acids is 2. The average molecular weight is 288 g/mol. The number of aryl methyl sites for hydroxylation is 1. The van der Waals surface area contributed by atoms with Gasteiger partial charge in [-0.25, -0.2) is 0 Å². The Morgan fingerprint density at radius 3 is 2.86 bits per heavy atom. The third-order valence-electron chi connectivity index (χ3n) is 3.56. The van der Waals surface area contributed by atoms with Crippen molar-refractivity contribution >= 4 is 11.8 Å². The van der Waals surface area contributed by atoms with Crippen LogP contribution in [0.4, 0.5) is 0 Å². The third-order valence-corrected chi connectivity index (χ3v) is 3.56. The van der Waals surface area contributed by atoms with E-state index >= 15 is 0 Å². The molecule has 8 nitrogen and oxygen atoms in total. The maximum Gasteiger partial charge on any atom is 0.274 e. The van der Waals surface area contributed by atoms with Gasteiger partial charge < -0.3 is 10.2 Å². The predicted octanol–water partition coefficient (Wildman–Crippen LogP) is -0.440. The van der Waals surface area contributed by atoms with Crippen LogP contribution in [0.15, 0.2) is 24.5 Å². The van der Waals surface area contributed by atoms with Gasteiger partial charge in [0.2, 0.25) is 5.91 Å². The molecule has 0 saturated heterocycles. The second kappa shape index (κ2) is 5.04. The van der Waals surface area contributed by atoms with Crippen LogP contribution in [0.1, 0.15) is 22.2 Å². The highest BCUT2D eigenvalue weighted by Crippen LogP contribution is 2.21. The maximum atomic E-state index is 12.5. The molecule has 0 radical (unpaired) electrons. The van der Waals surface area contributed by atoms with Crippen molar-refractivity contribution in [3.63, 3.8) is 0 Å². The smallest absolute Gasteiger partial charge is 0.274 e. The number of hydrogen-bond acceptors (Lipinski definition) is 4. The van der Waals surface area contributed by atoms with E-state index in [2.05, 4.69) is 15.5 Å². The molecule has 21 heavy (non-hydrogen) atoms. The van der Waals surface area contributed by atoms with E-state index in [4.69, 9.17) is 0 Å².